The molecular weight excluding hydrogens is 236 g/mol. The smallest absolute Gasteiger partial charge is 0.292 e. The Bertz CT molecular complexity index is 590. The van der Waals surface area contributed by atoms with Gasteiger partial charge < -0.3 is 10.1 Å². The first-order valence-corrected chi connectivity index (χ1v) is 5.90. The van der Waals surface area contributed by atoms with E-state index in [4.69, 9.17) is 4.74 Å². The third-order valence-corrected chi connectivity index (χ3v) is 3.08. The van der Waals surface area contributed by atoms with Gasteiger partial charge >= 0.3 is 0 Å². The fraction of sp³-hybridized carbons (Fsp3) is 0. The molecule has 1 aliphatic heterocycles. The predicted molar refractivity (Wildman–Crippen MR) is 65.8 cm³/mol. The number of carbonyl (C=O) groups is 1. The number of hydrogen-bond donors (Lipinski definition) is 1. The largest absolute Gasteiger partial charge is 0.448 e. The number of pyridine rings is 1. The summed E-state index contributed by atoms with van der Waals surface area (Å²) in [6, 6.07) is 7.38. The average molecular weight is 244 g/mol. The van der Waals surface area contributed by atoms with Gasteiger partial charge in [-0.05, 0) is 23.6 Å². The molecule has 0 fully saturated rings. The van der Waals surface area contributed by atoms with Crippen LogP contribution in [-0.4, -0.2) is 10.9 Å². The number of hydrogen-bond acceptors (Lipinski definition) is 4. The summed E-state index contributed by atoms with van der Waals surface area (Å²) in [4.78, 5) is 16.7. The van der Waals surface area contributed by atoms with E-state index in [1.54, 1.807) is 35.7 Å². The van der Waals surface area contributed by atoms with Crippen molar-refractivity contribution < 1.29 is 9.53 Å². The van der Waals surface area contributed by atoms with E-state index in [1.807, 2.05) is 17.5 Å². The Morgan fingerprint density at radius 2 is 2.29 bits per heavy atom. The molecule has 1 aliphatic rings. The monoisotopic (exact) mass is 244 g/mol. The van der Waals surface area contributed by atoms with Crippen LogP contribution in [0.3, 0.4) is 0 Å². The van der Waals surface area contributed by atoms with Crippen molar-refractivity contribution in [1.82, 2.24) is 4.98 Å². The highest BCUT2D eigenvalue weighted by atomic mass is 32.1. The van der Waals surface area contributed by atoms with Crippen LogP contribution >= 0.6 is 11.3 Å². The van der Waals surface area contributed by atoms with Gasteiger partial charge in [0.1, 0.15) is 0 Å². The molecule has 3 heterocycles. The molecule has 0 spiro atoms. The van der Waals surface area contributed by atoms with Crippen LogP contribution in [0.4, 0.5) is 5.82 Å². The van der Waals surface area contributed by atoms with Gasteiger partial charge in [-0.2, -0.15) is 0 Å². The van der Waals surface area contributed by atoms with Gasteiger partial charge in [0.15, 0.2) is 17.3 Å². The van der Waals surface area contributed by atoms with Crippen LogP contribution in [0.1, 0.15) is 4.88 Å². The molecule has 0 atom stereocenters. The number of nitrogens with zero attached hydrogens (tertiary/aromatic N) is 1. The van der Waals surface area contributed by atoms with Crippen molar-refractivity contribution in [2.75, 3.05) is 5.32 Å². The number of aromatic nitrogens is 1. The standard InChI is InChI=1S/C12H8N2O2S/c15-12-10(7-8-3-2-6-17-8)16-9-4-1-5-13-11(9)14-12/h1-7H,(H,13,14,15). The highest BCUT2D eigenvalue weighted by Crippen LogP contribution is 2.29. The Kier molecular flexibility index (Phi) is 2.38. The molecule has 0 radical (unpaired) electrons. The molecule has 0 saturated carbocycles. The van der Waals surface area contributed by atoms with Gasteiger partial charge in [-0.1, -0.05) is 6.07 Å². The van der Waals surface area contributed by atoms with Crippen LogP contribution in [0, 0.1) is 0 Å². The second kappa shape index (κ2) is 4.03. The number of ether oxygens (including phenoxy) is 1. The summed E-state index contributed by atoms with van der Waals surface area (Å²) in [5, 5.41) is 4.63. The molecule has 2 aromatic rings. The van der Waals surface area contributed by atoms with Gasteiger partial charge in [0.25, 0.3) is 5.91 Å². The van der Waals surface area contributed by atoms with Crippen molar-refractivity contribution in [3.05, 3.63) is 46.5 Å². The Morgan fingerprint density at radius 3 is 3.12 bits per heavy atom. The Balaban J connectivity index is 1.97. The maximum absolute atomic E-state index is 11.7. The zero-order valence-corrected chi connectivity index (χ0v) is 9.53. The van der Waals surface area contributed by atoms with Crippen molar-refractivity contribution in [2.24, 2.45) is 0 Å². The number of thiophene rings is 1. The number of anilines is 1. The first kappa shape index (κ1) is 10.0. The molecule has 0 aromatic carbocycles. The summed E-state index contributed by atoms with van der Waals surface area (Å²) in [5.41, 5.74) is 0. The summed E-state index contributed by atoms with van der Waals surface area (Å²) >= 11 is 1.55. The molecule has 2 aromatic heterocycles. The first-order chi connectivity index (χ1) is 8.33. The van der Waals surface area contributed by atoms with Gasteiger partial charge in [-0.3, -0.25) is 4.79 Å². The molecule has 0 bridgehead atoms. The molecule has 0 unspecified atom stereocenters. The van der Waals surface area contributed by atoms with E-state index in [0.29, 0.717) is 11.6 Å². The molecule has 0 saturated heterocycles. The van der Waals surface area contributed by atoms with Gasteiger partial charge in [0, 0.05) is 17.2 Å². The summed E-state index contributed by atoms with van der Waals surface area (Å²) in [5.74, 6) is 1.04. The van der Waals surface area contributed by atoms with Crippen molar-refractivity contribution in [3.8, 4) is 5.75 Å². The molecule has 3 rings (SSSR count). The lowest BCUT2D eigenvalue weighted by molar-refractivity contribution is -0.115. The van der Waals surface area contributed by atoms with Crippen molar-refractivity contribution >= 4 is 29.1 Å². The molecule has 4 nitrogen and oxygen atoms in total. The normalized spacial score (nSPS) is 16.2. The molecule has 17 heavy (non-hydrogen) atoms. The summed E-state index contributed by atoms with van der Waals surface area (Å²) in [6.07, 6.45) is 3.33. The van der Waals surface area contributed by atoms with Gasteiger partial charge in [0.2, 0.25) is 0 Å². The number of carbonyl (C=O) groups excluding carboxylic acids is 1. The zero-order valence-electron chi connectivity index (χ0n) is 8.71. The Labute approximate surface area is 102 Å². The molecule has 1 amide bonds. The number of nitrogens with one attached hydrogen (secondary N) is 1. The van der Waals surface area contributed by atoms with Crippen LogP contribution in [-0.2, 0) is 4.79 Å². The van der Waals surface area contributed by atoms with Crippen LogP contribution in [0.15, 0.2) is 41.6 Å². The summed E-state index contributed by atoms with van der Waals surface area (Å²) in [7, 11) is 0. The maximum atomic E-state index is 11.7. The number of amides is 1. The highest BCUT2D eigenvalue weighted by molar-refractivity contribution is 7.10. The SMILES string of the molecule is O=C1Nc2ncccc2OC1=Cc1cccs1. The third kappa shape index (κ3) is 1.92. The highest BCUT2D eigenvalue weighted by Gasteiger charge is 2.22. The fourth-order valence-electron chi connectivity index (χ4n) is 1.50. The van der Waals surface area contributed by atoms with E-state index in [1.165, 1.54) is 0 Å². The topological polar surface area (TPSA) is 51.2 Å². The summed E-state index contributed by atoms with van der Waals surface area (Å²) in [6.45, 7) is 0. The van der Waals surface area contributed by atoms with E-state index >= 15 is 0 Å². The van der Waals surface area contributed by atoms with E-state index in [0.717, 1.165) is 4.88 Å². The van der Waals surface area contributed by atoms with Crippen LogP contribution < -0.4 is 10.1 Å². The van der Waals surface area contributed by atoms with Crippen LogP contribution in [0.5, 0.6) is 5.75 Å². The lowest BCUT2D eigenvalue weighted by atomic mass is 10.3. The van der Waals surface area contributed by atoms with E-state index in [-0.39, 0.29) is 11.7 Å². The first-order valence-electron chi connectivity index (χ1n) is 5.02. The maximum Gasteiger partial charge on any atom is 0.292 e. The second-order valence-electron chi connectivity index (χ2n) is 3.43. The van der Waals surface area contributed by atoms with Crippen molar-refractivity contribution in [1.29, 1.82) is 0 Å². The minimum absolute atomic E-state index is 0.274. The Morgan fingerprint density at radius 1 is 1.35 bits per heavy atom. The van der Waals surface area contributed by atoms with E-state index in [9.17, 15) is 4.79 Å². The van der Waals surface area contributed by atoms with E-state index < -0.39 is 0 Å². The number of rotatable bonds is 1. The fourth-order valence-corrected chi connectivity index (χ4v) is 2.14. The lowest BCUT2D eigenvalue weighted by Gasteiger charge is -2.18. The third-order valence-electron chi connectivity index (χ3n) is 2.26. The molecule has 1 N–H and O–H groups in total. The van der Waals surface area contributed by atoms with Gasteiger partial charge in [-0.25, -0.2) is 4.98 Å². The second-order valence-corrected chi connectivity index (χ2v) is 4.41. The molecule has 5 heteroatoms. The zero-order chi connectivity index (χ0) is 11.7. The minimum Gasteiger partial charge on any atom is -0.448 e. The average Bonchev–Trinajstić information content (AvgIpc) is 2.83. The number of fused-ring (bicyclic) bond motifs is 1. The quantitative estimate of drug-likeness (QED) is 0.784. The van der Waals surface area contributed by atoms with Crippen LogP contribution in [0.25, 0.3) is 6.08 Å². The molecule has 84 valence electrons. The van der Waals surface area contributed by atoms with Gasteiger partial charge in [0.05, 0.1) is 0 Å². The van der Waals surface area contributed by atoms with Crippen molar-refractivity contribution in [3.63, 3.8) is 0 Å². The van der Waals surface area contributed by atoms with Crippen LogP contribution in [0.2, 0.25) is 0 Å². The van der Waals surface area contributed by atoms with Gasteiger partial charge in [-0.15, -0.1) is 11.3 Å². The molecular formula is C12H8N2O2S. The minimum atomic E-state index is -0.274. The lowest BCUT2D eigenvalue weighted by Crippen LogP contribution is -2.24. The van der Waals surface area contributed by atoms with E-state index in [2.05, 4.69) is 10.3 Å². The molecule has 0 aliphatic carbocycles. The van der Waals surface area contributed by atoms with Crippen molar-refractivity contribution in [2.45, 2.75) is 0 Å². The summed E-state index contributed by atoms with van der Waals surface area (Å²) < 4.78 is 5.51. The Hall–Kier alpha value is -2.14. The predicted octanol–water partition coefficient (Wildman–Crippen LogP) is 2.52.